The van der Waals surface area contributed by atoms with Crippen molar-refractivity contribution in [1.82, 2.24) is 0 Å². The van der Waals surface area contributed by atoms with Gasteiger partial charge in [0.15, 0.2) is 0 Å². The molecule has 94 valence electrons. The summed E-state index contributed by atoms with van der Waals surface area (Å²) in [5.41, 5.74) is 2.58. The van der Waals surface area contributed by atoms with E-state index in [1.165, 1.54) is 14.7 Å². The summed E-state index contributed by atoms with van der Waals surface area (Å²) < 4.78 is 1.56. The molecular weight excluding hydrogens is 311 g/mol. The fourth-order valence-corrected chi connectivity index (χ4v) is 2.78. The molecule has 0 saturated carbocycles. The van der Waals surface area contributed by atoms with Crippen molar-refractivity contribution in [2.45, 2.75) is 48.5 Å². The van der Waals surface area contributed by atoms with Gasteiger partial charge in [0, 0.05) is 0 Å². The number of hydrogen-bond acceptors (Lipinski definition) is 1. The van der Waals surface area contributed by atoms with Crippen LogP contribution in [0.2, 0.25) is 0 Å². The van der Waals surface area contributed by atoms with Crippen LogP contribution < -0.4 is 21.2 Å². The summed E-state index contributed by atoms with van der Waals surface area (Å²) in [4.78, 5) is 10.9. The first-order chi connectivity index (χ1) is 7.59. The zero-order valence-electron chi connectivity index (χ0n) is 11.5. The van der Waals surface area contributed by atoms with E-state index < -0.39 is 21.2 Å². The summed E-state index contributed by atoms with van der Waals surface area (Å²) in [5, 5.41) is 0. The van der Waals surface area contributed by atoms with Crippen molar-refractivity contribution in [2.24, 2.45) is 0 Å². The van der Waals surface area contributed by atoms with Crippen LogP contribution >= 0.6 is 0 Å². The van der Waals surface area contributed by atoms with Crippen molar-refractivity contribution in [2.75, 3.05) is 0 Å². The average molecular weight is 335 g/mol. The molecule has 0 unspecified atom stereocenters. The number of benzene rings is 1. The summed E-state index contributed by atoms with van der Waals surface area (Å²) in [5.74, 6) is 0. The van der Waals surface area contributed by atoms with Gasteiger partial charge in [-0.15, -0.1) is 0 Å². The Morgan fingerprint density at radius 2 is 1.50 bits per heavy atom. The second-order valence-corrected chi connectivity index (χ2v) is 6.10. The Kier molecular flexibility index (Phi) is 12.5. The predicted octanol–water partition coefficient (Wildman–Crippen LogP) is 1.16. The number of hydrogen-bond donors (Lipinski definition) is 0. The van der Waals surface area contributed by atoms with Crippen molar-refractivity contribution >= 4 is 3.79 Å². The molecule has 0 atom stereocenters. The van der Waals surface area contributed by atoms with Gasteiger partial charge < -0.3 is 0 Å². The summed E-state index contributed by atoms with van der Waals surface area (Å²) in [6, 6.07) is 6.29. The minimum atomic E-state index is -0.401. The molecule has 0 aliphatic rings. The topological polar surface area (TPSA) is 17.1 Å². The molecule has 0 bridgehead atoms. The van der Waals surface area contributed by atoms with E-state index in [2.05, 4.69) is 32.0 Å². The predicted molar refractivity (Wildman–Crippen MR) is 68.0 cm³/mol. The molecule has 0 spiro atoms. The van der Waals surface area contributed by atoms with Crippen LogP contribution in [0.4, 0.5) is 0 Å². The summed E-state index contributed by atoms with van der Waals surface area (Å²) in [7, 11) is 0. The van der Waals surface area contributed by atoms with Crippen molar-refractivity contribution in [3.63, 3.8) is 0 Å². The third kappa shape index (κ3) is 7.85. The molecule has 1 aromatic rings. The van der Waals surface area contributed by atoms with Gasteiger partial charge >= 0.3 is 83.5 Å². The van der Waals surface area contributed by atoms with E-state index in [-0.39, 0.29) is 0 Å². The van der Waals surface area contributed by atoms with Gasteiger partial charge in [-0.2, -0.15) is 0 Å². The fraction of sp³-hybridized carbons (Fsp3) is 0.500. The molecule has 0 aromatic heterocycles. The first-order valence-electron chi connectivity index (χ1n) is 5.82. The molecule has 0 fully saturated rings. The normalized spacial score (nSPS) is 8.44. The molecule has 0 aliphatic heterocycles. The molecule has 1 aromatic carbocycles. The molecule has 16 heavy (non-hydrogen) atoms. The van der Waals surface area contributed by atoms with Crippen LogP contribution in [-0.2, 0) is 4.79 Å². The van der Waals surface area contributed by atoms with Crippen molar-refractivity contribution in [3.8, 4) is 0 Å². The first-order valence-corrected chi connectivity index (χ1v) is 7.98. The number of rotatable bonds is 2. The monoisotopic (exact) mass is 335 g/mol. The van der Waals surface area contributed by atoms with Crippen LogP contribution in [0.25, 0.3) is 0 Å². The van der Waals surface area contributed by atoms with Gasteiger partial charge in [-0.3, -0.25) is 0 Å². The summed E-state index contributed by atoms with van der Waals surface area (Å²) in [6.45, 7) is 13.8. The van der Waals surface area contributed by atoms with Gasteiger partial charge in [-0.05, 0) is 0 Å². The quantitative estimate of drug-likeness (QED) is 0.586. The molecule has 0 heterocycles. The van der Waals surface area contributed by atoms with E-state index in [4.69, 9.17) is 0 Å². The van der Waals surface area contributed by atoms with E-state index in [0.717, 1.165) is 0 Å². The van der Waals surface area contributed by atoms with E-state index in [0.29, 0.717) is 3.79 Å². The van der Waals surface area contributed by atoms with E-state index in [9.17, 15) is 4.79 Å². The van der Waals surface area contributed by atoms with Gasteiger partial charge in [-0.1, -0.05) is 27.7 Å². The molecule has 1 rings (SSSR count). The zero-order chi connectivity index (χ0) is 13.1. The Morgan fingerprint density at radius 3 is 1.88 bits per heavy atom. The zero-order valence-corrected chi connectivity index (χ0v) is 13.7. The molecule has 2 heteroatoms. The number of halogens is 1. The Labute approximate surface area is 111 Å². The number of carbonyl (C=O) groups excluding carboxylic acids is 1. The van der Waals surface area contributed by atoms with Crippen LogP contribution in [-0.4, -0.2) is 3.79 Å². The van der Waals surface area contributed by atoms with Gasteiger partial charge in [0.1, 0.15) is 0 Å². The minimum absolute atomic E-state index is 0.331. The van der Waals surface area contributed by atoms with E-state index in [1.807, 2.05) is 27.7 Å². The van der Waals surface area contributed by atoms with Crippen LogP contribution in [0, 0.1) is 17.4 Å². The van der Waals surface area contributed by atoms with Crippen LogP contribution in [0.3, 0.4) is 0 Å². The molecule has 0 radical (unpaired) electrons. The second-order valence-electron chi connectivity index (χ2n) is 2.79. The first kappa shape index (κ1) is 18.0. The maximum absolute atomic E-state index is 10.9. The Balaban J connectivity index is 0. The molecule has 0 N–H and O–H groups in total. The van der Waals surface area contributed by atoms with Crippen molar-refractivity contribution in [1.29, 1.82) is 0 Å². The standard InChI is InChI=1S/C10H12IO.2C2H6/c1-7-4-5-10(6-8(7)2)11-9(3)12;2*1-2/h4-6H,1-3H3;2*1-2H3/q-1;;. The molecule has 0 aliphatic carbocycles. The third-order valence-corrected chi connectivity index (χ3v) is 3.76. The Hall–Kier alpha value is -0.380. The molecule has 0 saturated heterocycles. The number of aryl methyl sites for hydroxylation is 2. The van der Waals surface area contributed by atoms with Crippen LogP contribution in [0.15, 0.2) is 18.2 Å². The second kappa shape index (κ2) is 11.1. The third-order valence-electron chi connectivity index (χ3n) is 1.71. The van der Waals surface area contributed by atoms with Crippen molar-refractivity contribution < 1.29 is 26.0 Å². The summed E-state index contributed by atoms with van der Waals surface area (Å²) in [6.07, 6.45) is 0. The summed E-state index contributed by atoms with van der Waals surface area (Å²) >= 11 is -0.401. The van der Waals surface area contributed by atoms with Gasteiger partial charge in [0.05, 0.1) is 0 Å². The van der Waals surface area contributed by atoms with E-state index >= 15 is 0 Å². The average Bonchev–Trinajstić information content (AvgIpc) is 2.28. The van der Waals surface area contributed by atoms with Gasteiger partial charge in [0.25, 0.3) is 0 Å². The van der Waals surface area contributed by atoms with Crippen LogP contribution in [0.5, 0.6) is 0 Å². The van der Waals surface area contributed by atoms with Gasteiger partial charge in [0.2, 0.25) is 0 Å². The maximum atomic E-state index is 10.9. The molecular formula is C14H24IO-. The van der Waals surface area contributed by atoms with E-state index in [1.54, 1.807) is 6.92 Å². The fourth-order valence-electron chi connectivity index (χ4n) is 0.917. The Bertz CT molecular complexity index is 306. The molecule has 0 amide bonds. The Morgan fingerprint density at radius 1 is 1.00 bits per heavy atom. The molecule has 1 nitrogen and oxygen atoms in total. The number of carbonyl (C=O) groups is 1. The van der Waals surface area contributed by atoms with Crippen LogP contribution in [0.1, 0.15) is 45.7 Å². The van der Waals surface area contributed by atoms with Crippen molar-refractivity contribution in [3.05, 3.63) is 32.9 Å². The SMILES string of the molecule is CC.CC.CC(=O)[I-]c1ccc(C)c(C)c1. The van der Waals surface area contributed by atoms with Gasteiger partial charge in [-0.25, -0.2) is 0 Å².